The van der Waals surface area contributed by atoms with E-state index in [0.717, 1.165) is 6.42 Å². The number of carbonyl (C=O) groups is 1. The number of sulfonamides is 1. The zero-order chi connectivity index (χ0) is 13.6. The molecule has 0 bridgehead atoms. The summed E-state index contributed by atoms with van der Waals surface area (Å²) in [6.07, 6.45) is 2.08. The summed E-state index contributed by atoms with van der Waals surface area (Å²) >= 11 is 0. The van der Waals surface area contributed by atoms with Crippen molar-refractivity contribution in [2.24, 2.45) is 0 Å². The Hall–Kier alpha value is -1.67. The Morgan fingerprint density at radius 2 is 2.22 bits per heavy atom. The van der Waals surface area contributed by atoms with Gasteiger partial charge in [0.15, 0.2) is 0 Å². The van der Waals surface area contributed by atoms with Gasteiger partial charge < -0.3 is 11.1 Å². The average Bonchev–Trinajstić information content (AvgIpc) is 2.34. The van der Waals surface area contributed by atoms with Gasteiger partial charge in [-0.2, -0.15) is 0 Å². The second-order valence-electron chi connectivity index (χ2n) is 3.59. The molecule has 0 aromatic carbocycles. The molecule has 1 aromatic heterocycles. The van der Waals surface area contributed by atoms with Gasteiger partial charge in [0.25, 0.3) is 0 Å². The van der Waals surface area contributed by atoms with E-state index in [0.29, 0.717) is 6.54 Å². The molecule has 0 unspecified atom stereocenters. The standard InChI is InChI=1S/C10H16N4O3S/c1-2-4-13-10(15)7-14-18(16,17)8-3-5-12-9(11)6-8/h3,5-6,14H,2,4,7H2,1H3,(H2,11,12)(H,13,15). The van der Waals surface area contributed by atoms with Gasteiger partial charge in [-0.25, -0.2) is 18.1 Å². The molecule has 0 radical (unpaired) electrons. The van der Waals surface area contributed by atoms with E-state index in [1.165, 1.54) is 18.3 Å². The highest BCUT2D eigenvalue weighted by atomic mass is 32.2. The second kappa shape index (κ2) is 6.31. The molecular weight excluding hydrogens is 256 g/mol. The van der Waals surface area contributed by atoms with E-state index < -0.39 is 10.0 Å². The molecule has 1 rings (SSSR count). The molecule has 0 aliphatic rings. The number of amides is 1. The lowest BCUT2D eigenvalue weighted by Gasteiger charge is -2.07. The van der Waals surface area contributed by atoms with E-state index in [2.05, 4.69) is 15.0 Å². The first-order valence-corrected chi connectivity index (χ1v) is 6.92. The van der Waals surface area contributed by atoms with Crippen LogP contribution in [0.3, 0.4) is 0 Å². The van der Waals surface area contributed by atoms with Crippen molar-refractivity contribution in [3.8, 4) is 0 Å². The van der Waals surface area contributed by atoms with Crippen LogP contribution in [0.25, 0.3) is 0 Å². The number of rotatable bonds is 6. The molecule has 1 aromatic rings. The van der Waals surface area contributed by atoms with Crippen molar-refractivity contribution >= 4 is 21.7 Å². The number of hydrogen-bond donors (Lipinski definition) is 3. The fourth-order valence-electron chi connectivity index (χ4n) is 1.17. The molecular formula is C10H16N4O3S. The number of aromatic nitrogens is 1. The molecule has 0 saturated carbocycles. The normalized spacial score (nSPS) is 11.2. The van der Waals surface area contributed by atoms with Gasteiger partial charge >= 0.3 is 0 Å². The molecule has 1 amide bonds. The van der Waals surface area contributed by atoms with Gasteiger partial charge in [0.05, 0.1) is 11.4 Å². The number of nitrogen functional groups attached to an aromatic ring is 1. The summed E-state index contributed by atoms with van der Waals surface area (Å²) in [6.45, 7) is 2.12. The number of hydrogen-bond acceptors (Lipinski definition) is 5. The number of carbonyl (C=O) groups excluding carboxylic acids is 1. The lowest BCUT2D eigenvalue weighted by molar-refractivity contribution is -0.119. The van der Waals surface area contributed by atoms with Crippen LogP contribution in [-0.2, 0) is 14.8 Å². The third kappa shape index (κ3) is 4.30. The van der Waals surface area contributed by atoms with Crippen molar-refractivity contribution in [1.29, 1.82) is 0 Å². The van der Waals surface area contributed by atoms with Crippen molar-refractivity contribution in [2.45, 2.75) is 18.2 Å². The maximum absolute atomic E-state index is 11.8. The highest BCUT2D eigenvalue weighted by molar-refractivity contribution is 7.89. The fraction of sp³-hybridized carbons (Fsp3) is 0.400. The molecule has 0 saturated heterocycles. The summed E-state index contributed by atoms with van der Waals surface area (Å²) in [5.41, 5.74) is 5.39. The fourth-order valence-corrected chi connectivity index (χ4v) is 2.17. The van der Waals surface area contributed by atoms with Gasteiger partial charge in [-0.1, -0.05) is 6.92 Å². The summed E-state index contributed by atoms with van der Waals surface area (Å²) in [5, 5.41) is 2.56. The van der Waals surface area contributed by atoms with Crippen LogP contribution in [0.4, 0.5) is 5.82 Å². The largest absolute Gasteiger partial charge is 0.384 e. The van der Waals surface area contributed by atoms with Crippen LogP contribution in [0.15, 0.2) is 23.2 Å². The highest BCUT2D eigenvalue weighted by Gasteiger charge is 2.15. The maximum Gasteiger partial charge on any atom is 0.241 e. The van der Waals surface area contributed by atoms with Crippen LogP contribution in [0.5, 0.6) is 0 Å². The van der Waals surface area contributed by atoms with E-state index in [-0.39, 0.29) is 23.2 Å². The zero-order valence-corrected chi connectivity index (χ0v) is 10.8. The molecule has 8 heteroatoms. The van der Waals surface area contributed by atoms with E-state index in [9.17, 15) is 13.2 Å². The lowest BCUT2D eigenvalue weighted by atomic mass is 10.5. The van der Waals surface area contributed by atoms with E-state index in [1.807, 2.05) is 6.92 Å². The van der Waals surface area contributed by atoms with Crippen molar-refractivity contribution in [2.75, 3.05) is 18.8 Å². The molecule has 100 valence electrons. The summed E-state index contributed by atoms with van der Waals surface area (Å²) in [4.78, 5) is 15.0. The summed E-state index contributed by atoms with van der Waals surface area (Å²) < 4.78 is 25.8. The molecule has 18 heavy (non-hydrogen) atoms. The number of anilines is 1. The van der Waals surface area contributed by atoms with Gasteiger partial charge in [-0.3, -0.25) is 4.79 Å². The SMILES string of the molecule is CCCNC(=O)CNS(=O)(=O)c1ccnc(N)c1. The molecule has 0 aliphatic carbocycles. The molecule has 0 aliphatic heterocycles. The lowest BCUT2D eigenvalue weighted by Crippen LogP contribution is -2.37. The van der Waals surface area contributed by atoms with Gasteiger partial charge in [0, 0.05) is 18.8 Å². The van der Waals surface area contributed by atoms with E-state index in [4.69, 9.17) is 5.73 Å². The molecule has 4 N–H and O–H groups in total. The first-order chi connectivity index (χ1) is 8.45. The Morgan fingerprint density at radius 3 is 2.83 bits per heavy atom. The van der Waals surface area contributed by atoms with Crippen molar-refractivity contribution in [1.82, 2.24) is 15.0 Å². The molecule has 1 heterocycles. The molecule has 7 nitrogen and oxygen atoms in total. The number of nitrogens with zero attached hydrogens (tertiary/aromatic N) is 1. The average molecular weight is 272 g/mol. The van der Waals surface area contributed by atoms with Gasteiger partial charge in [0.1, 0.15) is 5.82 Å². The minimum Gasteiger partial charge on any atom is -0.384 e. The Labute approximate surface area is 106 Å². The first-order valence-electron chi connectivity index (χ1n) is 5.43. The minimum absolute atomic E-state index is 0.0155. The van der Waals surface area contributed by atoms with Crippen LogP contribution in [0.2, 0.25) is 0 Å². The topological polar surface area (TPSA) is 114 Å². The summed E-state index contributed by atoms with van der Waals surface area (Å²) in [7, 11) is -3.73. The molecule has 0 fully saturated rings. The van der Waals surface area contributed by atoms with Crippen LogP contribution in [-0.4, -0.2) is 32.4 Å². The predicted molar refractivity (Wildman–Crippen MR) is 67.1 cm³/mol. The predicted octanol–water partition coefficient (Wildman–Crippen LogP) is -0.532. The van der Waals surface area contributed by atoms with Gasteiger partial charge in [0.2, 0.25) is 15.9 Å². The third-order valence-corrected chi connectivity index (χ3v) is 3.46. The number of nitrogens with one attached hydrogen (secondary N) is 2. The third-order valence-electron chi connectivity index (χ3n) is 2.06. The van der Waals surface area contributed by atoms with Crippen LogP contribution >= 0.6 is 0 Å². The number of nitrogens with two attached hydrogens (primary N) is 1. The zero-order valence-electron chi connectivity index (χ0n) is 10.0. The minimum atomic E-state index is -3.73. The maximum atomic E-state index is 11.8. The Balaban J connectivity index is 2.63. The Bertz CT molecular complexity index is 516. The van der Waals surface area contributed by atoms with Gasteiger partial charge in [-0.05, 0) is 12.5 Å². The second-order valence-corrected chi connectivity index (χ2v) is 5.36. The van der Waals surface area contributed by atoms with E-state index >= 15 is 0 Å². The Morgan fingerprint density at radius 1 is 1.50 bits per heavy atom. The molecule has 0 atom stereocenters. The highest BCUT2D eigenvalue weighted by Crippen LogP contribution is 2.09. The number of pyridine rings is 1. The van der Waals surface area contributed by atoms with E-state index in [1.54, 1.807) is 0 Å². The van der Waals surface area contributed by atoms with Crippen molar-refractivity contribution < 1.29 is 13.2 Å². The summed E-state index contributed by atoms with van der Waals surface area (Å²) in [6, 6.07) is 2.54. The smallest absolute Gasteiger partial charge is 0.241 e. The van der Waals surface area contributed by atoms with Gasteiger partial charge in [-0.15, -0.1) is 0 Å². The van der Waals surface area contributed by atoms with Crippen molar-refractivity contribution in [3.63, 3.8) is 0 Å². The monoisotopic (exact) mass is 272 g/mol. The van der Waals surface area contributed by atoms with Crippen LogP contribution in [0, 0.1) is 0 Å². The van der Waals surface area contributed by atoms with Crippen LogP contribution < -0.4 is 15.8 Å². The quantitative estimate of drug-likeness (QED) is 0.644. The van der Waals surface area contributed by atoms with Crippen LogP contribution in [0.1, 0.15) is 13.3 Å². The molecule has 0 spiro atoms. The summed E-state index contributed by atoms with van der Waals surface area (Å²) in [5.74, 6) is -0.268. The Kier molecular flexibility index (Phi) is 5.05. The van der Waals surface area contributed by atoms with Crippen molar-refractivity contribution in [3.05, 3.63) is 18.3 Å². The first kappa shape index (κ1) is 14.4.